The summed E-state index contributed by atoms with van der Waals surface area (Å²) in [6, 6.07) is 12.9. The third kappa shape index (κ3) is 5.35. The minimum absolute atomic E-state index is 0.221. The Kier molecular flexibility index (Phi) is 6.82. The van der Waals surface area contributed by atoms with Crippen molar-refractivity contribution in [3.63, 3.8) is 0 Å². The number of hydrogen-bond acceptors (Lipinski definition) is 3. The number of aryl methyl sites for hydroxylation is 1. The molecule has 0 fully saturated rings. The summed E-state index contributed by atoms with van der Waals surface area (Å²) in [6.45, 7) is 2.18. The van der Waals surface area contributed by atoms with Crippen LogP contribution in [-0.2, 0) is 16.0 Å². The Hall–Kier alpha value is -1.85. The predicted octanol–water partition coefficient (Wildman–Crippen LogP) is 3.93. The molecule has 0 saturated heterocycles. The van der Waals surface area contributed by atoms with E-state index >= 15 is 0 Å². The molecular weight excluding hydrogens is 394 g/mol. The lowest BCUT2D eigenvalue weighted by molar-refractivity contribution is -0.124. The summed E-state index contributed by atoms with van der Waals surface area (Å²) in [5.41, 5.74) is 2.58. The quantitative estimate of drug-likeness (QED) is 0.734. The van der Waals surface area contributed by atoms with Gasteiger partial charge < -0.3 is 10.1 Å². The van der Waals surface area contributed by atoms with Gasteiger partial charge in [0.2, 0.25) is 0 Å². The number of amides is 1. The number of ether oxygens (including phenoxy) is 1. The number of halogens is 2. The van der Waals surface area contributed by atoms with Crippen LogP contribution in [0.2, 0.25) is 5.02 Å². The van der Waals surface area contributed by atoms with Crippen molar-refractivity contribution >= 4 is 39.4 Å². The van der Waals surface area contributed by atoms with Gasteiger partial charge in [-0.2, -0.15) is 0 Å². The number of benzene rings is 2. The Morgan fingerprint density at radius 3 is 2.71 bits per heavy atom. The summed E-state index contributed by atoms with van der Waals surface area (Å²) in [7, 11) is 0. The van der Waals surface area contributed by atoms with Gasteiger partial charge in [-0.1, -0.05) is 51.8 Å². The van der Waals surface area contributed by atoms with Crippen LogP contribution in [0.3, 0.4) is 0 Å². The zero-order valence-electron chi connectivity index (χ0n) is 13.1. The van der Waals surface area contributed by atoms with Gasteiger partial charge in [-0.25, -0.2) is 4.79 Å². The first-order valence-electron chi connectivity index (χ1n) is 7.41. The van der Waals surface area contributed by atoms with Crippen LogP contribution in [0.15, 0.2) is 46.9 Å². The molecule has 24 heavy (non-hydrogen) atoms. The van der Waals surface area contributed by atoms with E-state index in [1.165, 1.54) is 11.1 Å². The first-order valence-corrected chi connectivity index (χ1v) is 8.58. The van der Waals surface area contributed by atoms with Crippen LogP contribution in [0.5, 0.6) is 0 Å². The van der Waals surface area contributed by atoms with Gasteiger partial charge >= 0.3 is 5.97 Å². The smallest absolute Gasteiger partial charge is 0.340 e. The Balaban J connectivity index is 1.78. The highest BCUT2D eigenvalue weighted by Crippen LogP contribution is 2.21. The first-order chi connectivity index (χ1) is 11.5. The van der Waals surface area contributed by atoms with Crippen molar-refractivity contribution in [2.45, 2.75) is 13.3 Å². The van der Waals surface area contributed by atoms with Gasteiger partial charge in [-0.15, -0.1) is 0 Å². The maximum Gasteiger partial charge on any atom is 0.340 e. The van der Waals surface area contributed by atoms with Crippen molar-refractivity contribution in [2.24, 2.45) is 0 Å². The van der Waals surface area contributed by atoms with E-state index in [-0.39, 0.29) is 23.1 Å². The number of nitrogens with one attached hydrogen (secondary N) is 1. The average molecular weight is 411 g/mol. The Labute approximate surface area is 154 Å². The standard InChI is InChI=1S/C18H17BrClNO3/c1-12-4-2-3-5-13(12)8-9-21-17(22)11-24-18(23)15-10-14(19)6-7-16(15)20/h2-7,10H,8-9,11H2,1H3,(H,21,22). The van der Waals surface area contributed by atoms with Crippen molar-refractivity contribution in [1.29, 1.82) is 0 Å². The van der Waals surface area contributed by atoms with E-state index in [2.05, 4.69) is 21.2 Å². The van der Waals surface area contributed by atoms with E-state index in [0.717, 1.165) is 6.42 Å². The van der Waals surface area contributed by atoms with Crippen molar-refractivity contribution < 1.29 is 14.3 Å². The molecule has 0 aliphatic rings. The predicted molar refractivity (Wildman–Crippen MR) is 97.3 cm³/mol. The van der Waals surface area contributed by atoms with Crippen molar-refractivity contribution in [1.82, 2.24) is 5.32 Å². The lowest BCUT2D eigenvalue weighted by atomic mass is 10.1. The zero-order valence-corrected chi connectivity index (χ0v) is 15.5. The lowest BCUT2D eigenvalue weighted by Gasteiger charge is -2.09. The normalized spacial score (nSPS) is 10.3. The molecule has 2 aromatic carbocycles. The van der Waals surface area contributed by atoms with Gasteiger partial charge in [0.05, 0.1) is 10.6 Å². The van der Waals surface area contributed by atoms with Gasteiger partial charge in [0.25, 0.3) is 5.91 Å². The molecule has 2 aromatic rings. The number of esters is 1. The molecule has 0 aromatic heterocycles. The molecule has 126 valence electrons. The van der Waals surface area contributed by atoms with Crippen LogP contribution in [0.1, 0.15) is 21.5 Å². The van der Waals surface area contributed by atoms with Gasteiger partial charge in [0, 0.05) is 11.0 Å². The van der Waals surface area contributed by atoms with Gasteiger partial charge in [0.1, 0.15) is 0 Å². The molecule has 0 heterocycles. The van der Waals surface area contributed by atoms with Crippen LogP contribution >= 0.6 is 27.5 Å². The molecule has 0 atom stereocenters. The molecular formula is C18H17BrClNO3. The summed E-state index contributed by atoms with van der Waals surface area (Å²) in [4.78, 5) is 23.7. The molecule has 0 aliphatic heterocycles. The minimum atomic E-state index is -0.629. The topological polar surface area (TPSA) is 55.4 Å². The van der Waals surface area contributed by atoms with Crippen LogP contribution in [-0.4, -0.2) is 25.0 Å². The molecule has 0 radical (unpaired) electrons. The summed E-state index contributed by atoms with van der Waals surface area (Å²) in [6.07, 6.45) is 0.726. The maximum absolute atomic E-state index is 12.0. The molecule has 0 saturated carbocycles. The molecule has 6 heteroatoms. The van der Waals surface area contributed by atoms with E-state index in [1.807, 2.05) is 31.2 Å². The highest BCUT2D eigenvalue weighted by Gasteiger charge is 2.14. The van der Waals surface area contributed by atoms with E-state index < -0.39 is 5.97 Å². The van der Waals surface area contributed by atoms with Crippen molar-refractivity contribution in [2.75, 3.05) is 13.2 Å². The molecule has 2 rings (SSSR count). The molecule has 0 bridgehead atoms. The third-order valence-electron chi connectivity index (χ3n) is 3.46. The average Bonchev–Trinajstić information content (AvgIpc) is 2.56. The molecule has 0 spiro atoms. The molecule has 1 amide bonds. The van der Waals surface area contributed by atoms with Crippen LogP contribution in [0.4, 0.5) is 0 Å². The van der Waals surface area contributed by atoms with Crippen molar-refractivity contribution in [3.8, 4) is 0 Å². The fourth-order valence-corrected chi connectivity index (χ4v) is 2.70. The second-order valence-electron chi connectivity index (χ2n) is 5.23. The largest absolute Gasteiger partial charge is 0.452 e. The van der Waals surface area contributed by atoms with E-state index in [4.69, 9.17) is 16.3 Å². The SMILES string of the molecule is Cc1ccccc1CCNC(=O)COC(=O)c1cc(Br)ccc1Cl. The second kappa shape index (κ2) is 8.85. The number of hydrogen-bond donors (Lipinski definition) is 1. The van der Waals surface area contributed by atoms with E-state index in [9.17, 15) is 9.59 Å². The molecule has 0 aliphatic carbocycles. The molecule has 0 unspecified atom stereocenters. The minimum Gasteiger partial charge on any atom is -0.452 e. The van der Waals surface area contributed by atoms with Crippen molar-refractivity contribution in [3.05, 3.63) is 68.7 Å². The van der Waals surface area contributed by atoms with E-state index in [1.54, 1.807) is 18.2 Å². The highest BCUT2D eigenvalue weighted by molar-refractivity contribution is 9.10. The monoisotopic (exact) mass is 409 g/mol. The summed E-state index contributed by atoms with van der Waals surface area (Å²) in [5.74, 6) is -0.974. The van der Waals surface area contributed by atoms with Crippen LogP contribution in [0.25, 0.3) is 0 Å². The zero-order chi connectivity index (χ0) is 17.5. The first kappa shape index (κ1) is 18.5. The number of carbonyl (C=O) groups is 2. The molecule has 1 N–H and O–H groups in total. The fraction of sp³-hybridized carbons (Fsp3) is 0.222. The van der Waals surface area contributed by atoms with Gasteiger partial charge in [0.15, 0.2) is 6.61 Å². The number of carbonyl (C=O) groups excluding carboxylic acids is 2. The number of rotatable bonds is 6. The summed E-state index contributed by atoms with van der Waals surface area (Å²) >= 11 is 9.21. The van der Waals surface area contributed by atoms with Gasteiger partial charge in [-0.05, 0) is 42.7 Å². The molecule has 4 nitrogen and oxygen atoms in total. The lowest BCUT2D eigenvalue weighted by Crippen LogP contribution is -2.30. The maximum atomic E-state index is 12.0. The fourth-order valence-electron chi connectivity index (χ4n) is 2.14. The second-order valence-corrected chi connectivity index (χ2v) is 6.55. The summed E-state index contributed by atoms with van der Waals surface area (Å²) in [5, 5.41) is 3.01. The summed E-state index contributed by atoms with van der Waals surface area (Å²) < 4.78 is 5.71. The third-order valence-corrected chi connectivity index (χ3v) is 4.28. The van der Waals surface area contributed by atoms with Crippen LogP contribution < -0.4 is 5.32 Å². The van der Waals surface area contributed by atoms with E-state index in [0.29, 0.717) is 11.0 Å². The Bertz CT molecular complexity index is 749. The highest BCUT2D eigenvalue weighted by atomic mass is 79.9. The Morgan fingerprint density at radius 1 is 1.21 bits per heavy atom. The Morgan fingerprint density at radius 2 is 1.96 bits per heavy atom. The van der Waals surface area contributed by atoms with Gasteiger partial charge in [-0.3, -0.25) is 4.79 Å². The van der Waals surface area contributed by atoms with Crippen LogP contribution in [0, 0.1) is 6.92 Å².